The molecule has 0 saturated carbocycles. The van der Waals surface area contributed by atoms with Gasteiger partial charge in [-0.05, 0) is 0 Å². The molecular weight excluding hydrogens is 575 g/mol. The summed E-state index contributed by atoms with van der Waals surface area (Å²) in [6, 6.07) is 0. The first kappa shape index (κ1) is 13.2. The van der Waals surface area contributed by atoms with Crippen LogP contribution >= 0.6 is 70.1 Å². The van der Waals surface area contributed by atoms with Gasteiger partial charge in [-0.1, -0.05) is 0 Å². The van der Waals surface area contributed by atoms with Gasteiger partial charge in [0.1, 0.15) is 0 Å². The Bertz CT molecular complexity index is 96.0. The van der Waals surface area contributed by atoms with E-state index in [9.17, 15) is 0 Å². The zero-order valence-corrected chi connectivity index (χ0v) is 15.6. The molecule has 0 aromatic carbocycles. The summed E-state index contributed by atoms with van der Waals surface area (Å²) in [5.74, 6) is 0. The fourth-order valence-electron chi connectivity index (χ4n) is 0.423. The maximum absolute atomic E-state index is 3.78. The topological polar surface area (TPSA) is 0 Å². The second-order valence-corrected chi connectivity index (χ2v) is 66.2. The molecule has 6 heteroatoms. The van der Waals surface area contributed by atoms with E-state index in [1.165, 1.54) is 8.94 Å². The van der Waals surface area contributed by atoms with Gasteiger partial charge in [0.2, 0.25) is 0 Å². The molecule has 0 nitrogen and oxygen atoms in total. The molecule has 0 heterocycles. The molecule has 0 N–H and O–H groups in total. The van der Waals surface area contributed by atoms with Crippen molar-refractivity contribution in [3.8, 4) is 0 Å². The molecule has 0 aliphatic heterocycles. The second-order valence-electron chi connectivity index (χ2n) is 1.96. The van der Waals surface area contributed by atoms with Crippen molar-refractivity contribution in [2.24, 2.45) is 0 Å². The molecule has 0 radical (unpaired) electrons. The third-order valence-electron chi connectivity index (χ3n) is 0.992. The van der Waals surface area contributed by atoms with E-state index in [1.54, 1.807) is 0 Å². The van der Waals surface area contributed by atoms with E-state index in [2.05, 4.69) is 70.1 Å². The van der Waals surface area contributed by atoms with Gasteiger partial charge in [0.05, 0.1) is 0 Å². The third kappa shape index (κ3) is 6.68. The van der Waals surface area contributed by atoms with Gasteiger partial charge in [-0.25, -0.2) is 0 Å². The Morgan fingerprint density at radius 2 is 1.10 bits per heavy atom. The first-order chi connectivity index (χ1) is 4.39. The fourth-order valence-corrected chi connectivity index (χ4v) is 39.6. The number of hydrogen-bond donors (Lipinski definition) is 0. The summed E-state index contributed by atoms with van der Waals surface area (Å²) in [6.45, 7) is 0. The number of hydrogen-bond acceptors (Lipinski definition) is 0. The molecule has 10 heavy (non-hydrogen) atoms. The quantitative estimate of drug-likeness (QED) is 0.336. The van der Waals surface area contributed by atoms with E-state index < -0.39 is 10.2 Å². The zero-order valence-electron chi connectivity index (χ0n) is 5.17. The molecule has 0 amide bonds. The molecule has 66 valence electrons. The average molecular weight is 584 g/mol. The summed E-state index contributed by atoms with van der Waals surface area (Å²) in [4.78, 5) is 0. The standard InChI is InChI=1S/C4H9Br5Te/c5-1-3-10(7,8,9)4-2-6/h10H,1-4H2. The Morgan fingerprint density at radius 3 is 1.30 bits per heavy atom. The molecule has 0 aromatic heterocycles. The number of alkyl halides is 2. The van der Waals surface area contributed by atoms with Gasteiger partial charge in [-0.3, -0.25) is 0 Å². The average Bonchev–Trinajstić information content (AvgIpc) is 1.61. The van der Waals surface area contributed by atoms with Gasteiger partial charge < -0.3 is 0 Å². The van der Waals surface area contributed by atoms with Crippen molar-refractivity contribution in [2.45, 2.75) is 8.94 Å². The van der Waals surface area contributed by atoms with E-state index >= 15 is 0 Å². The molecule has 0 spiro atoms. The van der Waals surface area contributed by atoms with Crippen LogP contribution < -0.4 is 0 Å². The van der Waals surface area contributed by atoms with E-state index in [4.69, 9.17) is 0 Å². The van der Waals surface area contributed by atoms with Crippen LogP contribution in [0.5, 0.6) is 0 Å². The molecule has 0 atom stereocenters. The van der Waals surface area contributed by atoms with Gasteiger partial charge in [-0.15, -0.1) is 0 Å². The summed E-state index contributed by atoms with van der Waals surface area (Å²) in [7, 11) is -2.55. The molecule has 0 rings (SSSR count). The zero-order chi connectivity index (χ0) is 8.28. The molecule has 0 aliphatic carbocycles. The van der Waals surface area contributed by atoms with Crippen LogP contribution in [-0.4, -0.2) is 20.8 Å². The van der Waals surface area contributed by atoms with E-state index in [0.29, 0.717) is 0 Å². The van der Waals surface area contributed by atoms with Crippen LogP contribution in [0.1, 0.15) is 0 Å². The van der Waals surface area contributed by atoms with Crippen molar-refractivity contribution in [3.63, 3.8) is 0 Å². The van der Waals surface area contributed by atoms with Gasteiger partial charge in [0, 0.05) is 0 Å². The molecule has 0 aromatic rings. The predicted molar refractivity (Wildman–Crippen MR) is 71.1 cm³/mol. The van der Waals surface area contributed by atoms with Gasteiger partial charge in [0.25, 0.3) is 0 Å². The summed E-state index contributed by atoms with van der Waals surface area (Å²) < 4.78 is 2.36. The van der Waals surface area contributed by atoms with Crippen LogP contribution in [0.4, 0.5) is 0 Å². The third-order valence-corrected chi connectivity index (χ3v) is 25.7. The fraction of sp³-hybridized carbons (Fsp3) is 1.00. The maximum atomic E-state index is 3.78. The predicted octanol–water partition coefficient (Wildman–Crippen LogP) is 4.59. The summed E-state index contributed by atoms with van der Waals surface area (Å²) in [5, 5.41) is 2.09. The SMILES string of the molecule is BrCC[TeH](Br)(Br)(Br)CCBr. The van der Waals surface area contributed by atoms with E-state index in [-0.39, 0.29) is 0 Å². The van der Waals surface area contributed by atoms with Crippen LogP contribution in [0.3, 0.4) is 0 Å². The Balaban J connectivity index is 3.97. The molecule has 0 fully saturated rings. The first-order valence-corrected chi connectivity index (χ1v) is 25.7. The monoisotopic (exact) mass is 582 g/mol. The number of halogens is 5. The van der Waals surface area contributed by atoms with Crippen molar-refractivity contribution in [1.29, 1.82) is 0 Å². The van der Waals surface area contributed by atoms with Crippen molar-refractivity contribution < 1.29 is 0 Å². The second kappa shape index (κ2) is 5.17. The van der Waals surface area contributed by atoms with Gasteiger partial charge in [-0.2, -0.15) is 0 Å². The van der Waals surface area contributed by atoms with Gasteiger partial charge >= 0.3 is 99.9 Å². The minimum atomic E-state index is -2.55. The molecule has 0 unspecified atom stereocenters. The van der Waals surface area contributed by atoms with E-state index in [0.717, 1.165) is 10.7 Å². The summed E-state index contributed by atoms with van der Waals surface area (Å²) in [6.07, 6.45) is 0. The van der Waals surface area contributed by atoms with Crippen molar-refractivity contribution >= 4 is 80.3 Å². The van der Waals surface area contributed by atoms with Crippen LogP contribution in [0.25, 0.3) is 0 Å². The van der Waals surface area contributed by atoms with Crippen molar-refractivity contribution in [2.75, 3.05) is 10.7 Å². The van der Waals surface area contributed by atoms with Crippen LogP contribution in [0.2, 0.25) is 8.94 Å². The van der Waals surface area contributed by atoms with Crippen LogP contribution in [-0.2, 0) is 0 Å². The normalized spacial score (nSPS) is 16.3. The summed E-state index contributed by atoms with van der Waals surface area (Å²) >= 11 is 18.2. The Hall–Kier alpha value is 3.19. The first-order valence-electron chi connectivity index (χ1n) is 2.67. The summed E-state index contributed by atoms with van der Waals surface area (Å²) in [5.41, 5.74) is 0. The van der Waals surface area contributed by atoms with E-state index in [1.807, 2.05) is 0 Å². The molecule has 0 bridgehead atoms. The Morgan fingerprint density at radius 1 is 0.800 bits per heavy atom. The molecular formula is C4H9Br5Te. The van der Waals surface area contributed by atoms with Crippen molar-refractivity contribution in [3.05, 3.63) is 0 Å². The number of rotatable bonds is 4. The Kier molecular flexibility index (Phi) is 6.81. The van der Waals surface area contributed by atoms with Crippen LogP contribution in [0, 0.1) is 0 Å². The molecule has 0 aliphatic rings. The van der Waals surface area contributed by atoms with Crippen LogP contribution in [0.15, 0.2) is 0 Å². The van der Waals surface area contributed by atoms with Gasteiger partial charge in [0.15, 0.2) is 0 Å². The Labute approximate surface area is 97.9 Å². The minimum absolute atomic E-state index is 1.05. The molecule has 0 saturated heterocycles. The van der Waals surface area contributed by atoms with Crippen molar-refractivity contribution in [1.82, 2.24) is 0 Å².